The summed E-state index contributed by atoms with van der Waals surface area (Å²) in [6, 6.07) is 9.87. The maximum Gasteiger partial charge on any atom is 0.350 e. The minimum absolute atomic E-state index is 0.138. The molecule has 3 aromatic heterocycles. The van der Waals surface area contributed by atoms with Crippen molar-refractivity contribution in [3.05, 3.63) is 53.2 Å². The van der Waals surface area contributed by atoms with Crippen LogP contribution >= 0.6 is 0 Å². The highest BCUT2D eigenvalue weighted by molar-refractivity contribution is 5.76. The lowest BCUT2D eigenvalue weighted by Gasteiger charge is -2.05. The number of rotatable bonds is 6. The first-order chi connectivity index (χ1) is 12.7. The number of ether oxygens (including phenoxy) is 1. The zero-order valence-corrected chi connectivity index (χ0v) is 14.9. The molecule has 0 fully saturated rings. The van der Waals surface area contributed by atoms with Crippen molar-refractivity contribution in [3.8, 4) is 17.0 Å². The molecule has 0 aliphatic heterocycles. The van der Waals surface area contributed by atoms with Gasteiger partial charge >= 0.3 is 5.69 Å². The fourth-order valence-corrected chi connectivity index (χ4v) is 2.94. The highest BCUT2D eigenvalue weighted by Crippen LogP contribution is 2.23. The minimum atomic E-state index is -0.138. The van der Waals surface area contributed by atoms with E-state index in [4.69, 9.17) is 4.74 Å². The molecule has 0 saturated carbocycles. The zero-order valence-electron chi connectivity index (χ0n) is 14.9. The lowest BCUT2D eigenvalue weighted by molar-refractivity contribution is 0.309. The van der Waals surface area contributed by atoms with Crippen molar-refractivity contribution in [2.24, 2.45) is 0 Å². The van der Waals surface area contributed by atoms with Gasteiger partial charge in [-0.1, -0.05) is 13.3 Å². The van der Waals surface area contributed by atoms with Crippen molar-refractivity contribution < 1.29 is 4.74 Å². The molecule has 7 heteroatoms. The Hall–Kier alpha value is -3.09. The van der Waals surface area contributed by atoms with Crippen LogP contribution in [0, 0.1) is 0 Å². The van der Waals surface area contributed by atoms with Crippen LogP contribution in [-0.4, -0.2) is 30.4 Å². The number of unbranched alkanes of at least 4 members (excludes halogenated alkanes) is 1. The summed E-state index contributed by atoms with van der Waals surface area (Å²) in [6.45, 7) is 5.31. The average Bonchev–Trinajstić information content (AvgIpc) is 3.23. The fraction of sp³-hybridized carbons (Fsp3) is 0.316. The van der Waals surface area contributed by atoms with Crippen LogP contribution in [-0.2, 0) is 6.54 Å². The van der Waals surface area contributed by atoms with Gasteiger partial charge in [0.25, 0.3) is 0 Å². The van der Waals surface area contributed by atoms with Gasteiger partial charge in [-0.15, -0.1) is 5.10 Å². The first-order valence-corrected chi connectivity index (χ1v) is 8.92. The monoisotopic (exact) mass is 351 g/mol. The lowest BCUT2D eigenvalue weighted by Crippen LogP contribution is -2.19. The van der Waals surface area contributed by atoms with Crippen LogP contribution in [0.2, 0.25) is 0 Å². The van der Waals surface area contributed by atoms with Crippen LogP contribution in [0.3, 0.4) is 0 Å². The predicted molar refractivity (Wildman–Crippen MR) is 99.7 cm³/mol. The molecule has 0 aliphatic rings. The Morgan fingerprint density at radius 3 is 2.62 bits per heavy atom. The number of hydrogen-bond acceptors (Lipinski definition) is 4. The number of hydrogen-bond donors (Lipinski definition) is 0. The van der Waals surface area contributed by atoms with Gasteiger partial charge in [-0.3, -0.25) is 0 Å². The molecule has 0 amide bonds. The molecule has 4 rings (SSSR count). The molecule has 0 spiro atoms. The van der Waals surface area contributed by atoms with Gasteiger partial charge < -0.3 is 4.74 Å². The molecule has 0 saturated heterocycles. The van der Waals surface area contributed by atoms with Gasteiger partial charge in [0.05, 0.1) is 12.3 Å². The topological polar surface area (TPSA) is 65.8 Å². The molecule has 3 heterocycles. The van der Waals surface area contributed by atoms with Crippen LogP contribution in [0.1, 0.15) is 26.7 Å². The highest BCUT2D eigenvalue weighted by Gasteiger charge is 2.12. The Bertz CT molecular complexity index is 1100. The Morgan fingerprint density at radius 2 is 1.88 bits per heavy atom. The number of benzene rings is 1. The number of nitrogens with zero attached hydrogens (tertiary/aromatic N) is 5. The number of fused-ring (bicyclic) bond motifs is 3. The predicted octanol–water partition coefficient (Wildman–Crippen LogP) is 3.01. The third-order valence-corrected chi connectivity index (χ3v) is 4.41. The second-order valence-electron chi connectivity index (χ2n) is 6.18. The van der Waals surface area contributed by atoms with E-state index < -0.39 is 0 Å². The molecule has 1 aromatic carbocycles. The molecular weight excluding hydrogens is 330 g/mol. The van der Waals surface area contributed by atoms with Crippen molar-refractivity contribution >= 4 is 11.2 Å². The zero-order chi connectivity index (χ0) is 18.1. The van der Waals surface area contributed by atoms with Crippen LogP contribution in [0.15, 0.2) is 47.5 Å². The van der Waals surface area contributed by atoms with Crippen LogP contribution in [0.25, 0.3) is 22.4 Å². The fourth-order valence-electron chi connectivity index (χ4n) is 2.94. The molecule has 0 atom stereocenters. The SMILES string of the molecule is CCCCOc1ccc(-c2cc3c4nn(CC)c(=O)n4ccn3n2)cc1. The summed E-state index contributed by atoms with van der Waals surface area (Å²) >= 11 is 0. The standard InChI is InChI=1S/C19H21N5O2/c1-3-5-12-26-15-8-6-14(7-9-15)16-13-17-18-21-23(4-2)19(25)22(18)10-11-24(17)20-16/h6-11,13H,3-5,12H2,1-2H3. The quantitative estimate of drug-likeness (QED) is 0.501. The van der Waals surface area contributed by atoms with Gasteiger partial charge in [0, 0.05) is 24.5 Å². The van der Waals surface area contributed by atoms with Crippen molar-refractivity contribution in [2.45, 2.75) is 33.2 Å². The highest BCUT2D eigenvalue weighted by atomic mass is 16.5. The largest absolute Gasteiger partial charge is 0.494 e. The van der Waals surface area contributed by atoms with Gasteiger partial charge in [-0.25, -0.2) is 18.4 Å². The molecular formula is C19H21N5O2. The van der Waals surface area contributed by atoms with Crippen LogP contribution in [0.4, 0.5) is 0 Å². The number of aryl methyl sites for hydroxylation is 1. The first-order valence-electron chi connectivity index (χ1n) is 8.92. The normalized spacial score (nSPS) is 11.5. The van der Waals surface area contributed by atoms with E-state index in [1.54, 1.807) is 21.3 Å². The summed E-state index contributed by atoms with van der Waals surface area (Å²) in [5, 5.41) is 9.02. The minimum Gasteiger partial charge on any atom is -0.494 e. The number of aromatic nitrogens is 5. The summed E-state index contributed by atoms with van der Waals surface area (Å²) in [5.74, 6) is 0.863. The Morgan fingerprint density at radius 1 is 1.08 bits per heavy atom. The second kappa shape index (κ2) is 6.67. The van der Waals surface area contributed by atoms with Gasteiger partial charge in [0.15, 0.2) is 5.65 Å². The lowest BCUT2D eigenvalue weighted by atomic mass is 10.1. The summed E-state index contributed by atoms with van der Waals surface area (Å²) in [5.41, 5.74) is 3.10. The van der Waals surface area contributed by atoms with Gasteiger partial charge in [-0.2, -0.15) is 5.10 Å². The summed E-state index contributed by atoms with van der Waals surface area (Å²) in [7, 11) is 0. The average molecular weight is 351 g/mol. The molecule has 0 radical (unpaired) electrons. The van der Waals surface area contributed by atoms with E-state index in [0.717, 1.165) is 42.0 Å². The summed E-state index contributed by atoms with van der Waals surface area (Å²) < 4.78 is 10.5. The van der Waals surface area contributed by atoms with Crippen LogP contribution < -0.4 is 10.4 Å². The Kier molecular flexibility index (Phi) is 4.20. The smallest absolute Gasteiger partial charge is 0.350 e. The van der Waals surface area contributed by atoms with E-state index in [2.05, 4.69) is 17.1 Å². The van der Waals surface area contributed by atoms with E-state index in [1.165, 1.54) is 4.68 Å². The summed E-state index contributed by atoms with van der Waals surface area (Å²) in [6.07, 6.45) is 5.64. The molecule has 4 aromatic rings. The van der Waals surface area contributed by atoms with Gasteiger partial charge in [-0.05, 0) is 43.7 Å². The molecule has 26 heavy (non-hydrogen) atoms. The van der Waals surface area contributed by atoms with Crippen molar-refractivity contribution in [1.82, 2.24) is 23.8 Å². The molecule has 0 bridgehead atoms. The second-order valence-corrected chi connectivity index (χ2v) is 6.18. The third-order valence-electron chi connectivity index (χ3n) is 4.41. The van der Waals surface area contributed by atoms with E-state index in [1.807, 2.05) is 37.3 Å². The molecule has 7 nitrogen and oxygen atoms in total. The van der Waals surface area contributed by atoms with E-state index in [9.17, 15) is 4.79 Å². The van der Waals surface area contributed by atoms with Gasteiger partial charge in [0.2, 0.25) is 0 Å². The van der Waals surface area contributed by atoms with Crippen molar-refractivity contribution in [2.75, 3.05) is 6.61 Å². The van der Waals surface area contributed by atoms with Gasteiger partial charge in [0.1, 0.15) is 11.3 Å². The maximum atomic E-state index is 12.2. The van der Waals surface area contributed by atoms with E-state index in [-0.39, 0.29) is 5.69 Å². The van der Waals surface area contributed by atoms with Crippen molar-refractivity contribution in [1.29, 1.82) is 0 Å². The van der Waals surface area contributed by atoms with Crippen LogP contribution in [0.5, 0.6) is 5.75 Å². The first kappa shape index (κ1) is 16.4. The van der Waals surface area contributed by atoms with Crippen molar-refractivity contribution in [3.63, 3.8) is 0 Å². The van der Waals surface area contributed by atoms with E-state index in [0.29, 0.717) is 12.2 Å². The Labute approximate surface area is 150 Å². The molecule has 0 aliphatic carbocycles. The Balaban J connectivity index is 1.71. The molecule has 134 valence electrons. The third kappa shape index (κ3) is 2.75. The molecule has 0 unspecified atom stereocenters. The maximum absolute atomic E-state index is 12.2. The molecule has 0 N–H and O–H groups in total. The van der Waals surface area contributed by atoms with E-state index >= 15 is 0 Å². The summed E-state index contributed by atoms with van der Waals surface area (Å²) in [4.78, 5) is 12.2.